The highest BCUT2D eigenvalue weighted by Gasteiger charge is 2.71. The van der Waals surface area contributed by atoms with Crippen LogP contribution < -0.4 is 10.6 Å². The van der Waals surface area contributed by atoms with Gasteiger partial charge in [0.15, 0.2) is 5.78 Å². The van der Waals surface area contributed by atoms with Crippen molar-refractivity contribution < 1.29 is 43.3 Å². The first-order valence-corrected chi connectivity index (χ1v) is 22.6. The van der Waals surface area contributed by atoms with Crippen molar-refractivity contribution in [2.24, 2.45) is 68.0 Å². The highest BCUT2D eigenvalue weighted by molar-refractivity contribution is 6.30. The van der Waals surface area contributed by atoms with E-state index >= 15 is 4.39 Å². The van der Waals surface area contributed by atoms with Crippen molar-refractivity contribution in [3.05, 3.63) is 46.0 Å². The second kappa shape index (κ2) is 15.2. The number of alkyl halides is 1. The maximum Gasteiger partial charge on any atom is 0.309 e. The van der Waals surface area contributed by atoms with Gasteiger partial charge in [-0.05, 0) is 133 Å². The van der Waals surface area contributed by atoms with Crippen LogP contribution >= 0.6 is 11.6 Å². The number of hydrogen-bond acceptors (Lipinski definition) is 7. The molecule has 5 fully saturated rings. The summed E-state index contributed by atoms with van der Waals surface area (Å²) in [4.78, 5) is 65.1. The lowest BCUT2D eigenvalue weighted by molar-refractivity contribution is -0.238. The van der Waals surface area contributed by atoms with Gasteiger partial charge in [0, 0.05) is 34.4 Å². The second-order valence-electron chi connectivity index (χ2n) is 21.7. The van der Waals surface area contributed by atoms with Crippen molar-refractivity contribution in [2.75, 3.05) is 6.54 Å². The molecule has 0 aliphatic heterocycles. The number of amides is 2. The third-order valence-corrected chi connectivity index (χ3v) is 18.5. The van der Waals surface area contributed by atoms with Gasteiger partial charge in [0.1, 0.15) is 6.10 Å². The number of aliphatic hydroxyl groups is 1. The van der Waals surface area contributed by atoms with E-state index in [2.05, 4.69) is 45.3 Å². The third-order valence-electron chi connectivity index (χ3n) is 18.2. The number of carboxylic acid groups (broad SMARTS) is 1. The Labute approximate surface area is 359 Å². The van der Waals surface area contributed by atoms with Crippen LogP contribution in [-0.2, 0) is 23.9 Å². The molecule has 10 nitrogen and oxygen atoms in total. The monoisotopic (exact) mass is 852 g/mol. The molecule has 1 aromatic carbocycles. The molecule has 0 bridgehead atoms. The molecule has 4 N–H and O–H groups in total. The molecule has 1 unspecified atom stereocenters. The fourth-order valence-corrected chi connectivity index (χ4v) is 14.7. The molecule has 1 aromatic rings. The van der Waals surface area contributed by atoms with Gasteiger partial charge < -0.3 is 25.6 Å². The first-order valence-electron chi connectivity index (χ1n) is 22.2. The van der Waals surface area contributed by atoms with Crippen LogP contribution in [0.5, 0.6) is 0 Å². The van der Waals surface area contributed by atoms with Crippen molar-refractivity contribution in [3.8, 4) is 0 Å². The molecule has 60 heavy (non-hydrogen) atoms. The number of halogens is 2. The van der Waals surface area contributed by atoms with Gasteiger partial charge >= 0.3 is 11.9 Å². The lowest BCUT2D eigenvalue weighted by Gasteiger charge is -2.72. The minimum atomic E-state index is -2.35. The Morgan fingerprint density at radius 1 is 0.867 bits per heavy atom. The van der Waals surface area contributed by atoms with E-state index in [9.17, 15) is 34.2 Å². The van der Waals surface area contributed by atoms with Gasteiger partial charge in [0.2, 0.25) is 0 Å². The van der Waals surface area contributed by atoms with Gasteiger partial charge in [-0.2, -0.15) is 0 Å². The Hall–Kier alpha value is -3.31. The smallest absolute Gasteiger partial charge is 0.309 e. The molecule has 7 rings (SSSR count). The maximum atomic E-state index is 15.1. The number of Topliss-reactive ketones (excluding diaryl/α,β-unsaturated/α-hetero) is 1. The first kappa shape index (κ1) is 44.7. The molecule has 6 aliphatic rings. The van der Waals surface area contributed by atoms with Crippen LogP contribution in [0.1, 0.15) is 137 Å². The number of carbonyl (C=O) groups is 5. The molecular weight excluding hydrogens is 787 g/mol. The summed E-state index contributed by atoms with van der Waals surface area (Å²) in [6.07, 6.45) is 3.51. The summed E-state index contributed by atoms with van der Waals surface area (Å²) in [7, 11) is 0. The first-order chi connectivity index (χ1) is 27.9. The summed E-state index contributed by atoms with van der Waals surface area (Å²) in [5.74, 6) is -3.26. The second-order valence-corrected chi connectivity index (χ2v) is 22.2. The maximum absolute atomic E-state index is 15.1. The summed E-state index contributed by atoms with van der Waals surface area (Å²) in [6, 6.07) is 5.86. The Bertz CT molecular complexity index is 1980. The van der Waals surface area contributed by atoms with Crippen molar-refractivity contribution in [2.45, 2.75) is 145 Å². The highest BCUT2D eigenvalue weighted by Crippen LogP contribution is 2.77. The molecule has 0 spiro atoms. The van der Waals surface area contributed by atoms with Gasteiger partial charge in [0.05, 0.1) is 17.9 Å². The van der Waals surface area contributed by atoms with Gasteiger partial charge in [-0.1, -0.05) is 79.5 Å². The van der Waals surface area contributed by atoms with Crippen LogP contribution in [0, 0.1) is 68.0 Å². The molecular formula is C48H66ClFN2O8. The van der Waals surface area contributed by atoms with E-state index in [1.807, 2.05) is 27.7 Å². The van der Waals surface area contributed by atoms with E-state index in [-0.39, 0.29) is 69.9 Å². The summed E-state index contributed by atoms with van der Waals surface area (Å²) >= 11 is 5.91. The number of aliphatic hydroxyl groups excluding tert-OH is 1. The lowest BCUT2D eigenvalue weighted by atomic mass is 9.33. The average molecular weight is 854 g/mol. The van der Waals surface area contributed by atoms with E-state index < -0.39 is 52.8 Å². The van der Waals surface area contributed by atoms with Crippen LogP contribution in [0.3, 0.4) is 0 Å². The molecule has 12 atom stereocenters. The van der Waals surface area contributed by atoms with Crippen LogP contribution in [0.15, 0.2) is 35.4 Å². The SMILES string of the molecule is CC(C)C1=C2[C@H]3CC[C@@H]4[C@@]5(C)CC[C@H](OC(=O)[C@H]6C[C@@H](C(=O)O)C6(C)C)C(C)(C)[C@@H]5CC[C@@]4(C)[C@]3(C)CC[C@@]2([C@@H](O)CNC(=O)C(F)NC(=O)c2ccc(Cl)cc2)CC1=O. The zero-order valence-electron chi connectivity index (χ0n) is 36.9. The van der Waals surface area contributed by atoms with Crippen molar-refractivity contribution in [1.29, 1.82) is 0 Å². The molecule has 12 heteroatoms. The molecule has 5 saturated carbocycles. The minimum Gasteiger partial charge on any atom is -0.481 e. The summed E-state index contributed by atoms with van der Waals surface area (Å²) < 4.78 is 21.5. The van der Waals surface area contributed by atoms with Crippen LogP contribution in [-0.4, -0.2) is 64.8 Å². The number of carbonyl (C=O) groups excluding carboxylic acids is 4. The van der Waals surface area contributed by atoms with E-state index in [0.29, 0.717) is 29.7 Å². The largest absolute Gasteiger partial charge is 0.481 e. The van der Waals surface area contributed by atoms with Crippen LogP contribution in [0.4, 0.5) is 4.39 Å². The zero-order valence-corrected chi connectivity index (χ0v) is 37.6. The summed E-state index contributed by atoms with van der Waals surface area (Å²) in [5.41, 5.74) is -0.141. The van der Waals surface area contributed by atoms with E-state index in [4.69, 9.17) is 16.3 Å². The van der Waals surface area contributed by atoms with Crippen molar-refractivity contribution >= 4 is 41.1 Å². The predicted molar refractivity (Wildman–Crippen MR) is 225 cm³/mol. The van der Waals surface area contributed by atoms with Gasteiger partial charge in [-0.15, -0.1) is 0 Å². The summed E-state index contributed by atoms with van der Waals surface area (Å²) in [6.45, 7) is 19.4. The number of hydrogen-bond donors (Lipinski definition) is 4. The number of fused-ring (bicyclic) bond motifs is 7. The van der Waals surface area contributed by atoms with Crippen LogP contribution in [0.25, 0.3) is 0 Å². The Morgan fingerprint density at radius 3 is 2.15 bits per heavy atom. The zero-order chi connectivity index (χ0) is 44.1. The number of aliphatic carboxylic acids is 1. The number of allylic oxidation sites excluding steroid dienone is 1. The number of carboxylic acids is 1. The molecule has 0 saturated heterocycles. The number of rotatable bonds is 10. The topological polar surface area (TPSA) is 159 Å². The number of nitrogens with one attached hydrogen (secondary N) is 2. The van der Waals surface area contributed by atoms with Gasteiger partial charge in [0.25, 0.3) is 18.1 Å². The van der Waals surface area contributed by atoms with Gasteiger partial charge in [-0.3, -0.25) is 24.0 Å². The minimum absolute atomic E-state index is 0.0253. The fraction of sp³-hybridized carbons (Fsp3) is 0.729. The quantitative estimate of drug-likeness (QED) is 0.135. The molecule has 2 amide bonds. The fourth-order valence-electron chi connectivity index (χ4n) is 14.6. The normalized spacial score (nSPS) is 38.6. The van der Waals surface area contributed by atoms with E-state index in [1.54, 1.807) is 0 Å². The van der Waals surface area contributed by atoms with E-state index in [1.165, 1.54) is 24.3 Å². The Kier molecular flexibility index (Phi) is 11.3. The van der Waals surface area contributed by atoms with Crippen molar-refractivity contribution in [3.63, 3.8) is 0 Å². The number of ketones is 1. The Balaban J connectivity index is 1.09. The predicted octanol–water partition coefficient (Wildman–Crippen LogP) is 8.48. The molecule has 0 aromatic heterocycles. The molecule has 0 radical (unpaired) electrons. The van der Waals surface area contributed by atoms with Crippen molar-refractivity contribution in [1.82, 2.24) is 10.6 Å². The third kappa shape index (κ3) is 6.67. The molecule has 330 valence electrons. The highest BCUT2D eigenvalue weighted by atomic mass is 35.5. The molecule has 0 heterocycles. The van der Waals surface area contributed by atoms with Gasteiger partial charge in [-0.25, -0.2) is 4.39 Å². The summed E-state index contributed by atoms with van der Waals surface area (Å²) in [5, 5.41) is 26.8. The standard InChI is InChI=1S/C48H66ClFN2O8/c1-25(2)36-31(53)23-48(34(54)24-51-40(56)38(50)52-39(55)26-10-12-27(49)13-11-26)21-20-46(8)28(37(36)48)14-15-33-45(7)18-17-35(44(5,6)32(45)16-19-47(33,46)9)60-42(59)30-22-29(41(57)58)43(30,3)4/h10-13,25,28-30,32-35,38,54H,14-24H2,1-9H3,(H,51,56)(H,52,55)(H,57,58)/t28-,29+,30-,32+,33-,34+,35+,38?,45+,46-,47-,48+/m1/s1. The number of ether oxygens (including phenoxy) is 1. The number of benzene rings is 1. The van der Waals surface area contributed by atoms with E-state index in [0.717, 1.165) is 56.1 Å². The average Bonchev–Trinajstić information content (AvgIpc) is 3.48. The molecule has 6 aliphatic carbocycles. The Morgan fingerprint density at radius 2 is 1.53 bits per heavy atom. The lowest BCUT2D eigenvalue weighted by Crippen LogP contribution is -2.66. The van der Waals surface area contributed by atoms with Crippen LogP contribution in [0.2, 0.25) is 5.02 Å². The number of esters is 1.